The minimum atomic E-state index is -0.125. The van der Waals surface area contributed by atoms with Crippen molar-refractivity contribution < 1.29 is 23.9 Å². The molecule has 1 N–H and O–H groups in total. The molecule has 2 heterocycles. The predicted octanol–water partition coefficient (Wildman–Crippen LogP) is 1.19. The SMILES string of the molecule is C[C@H]1CCC[C@]2(C)C[C@H]3OC(=O)[C@@H](C[NH+](C)CC4OCCO4)[C@H]3C=C12. The van der Waals surface area contributed by atoms with E-state index in [9.17, 15) is 4.79 Å². The summed E-state index contributed by atoms with van der Waals surface area (Å²) in [5.41, 5.74) is 1.82. The first-order valence-corrected chi connectivity index (χ1v) is 9.93. The Morgan fingerprint density at radius 2 is 2.04 bits per heavy atom. The van der Waals surface area contributed by atoms with Gasteiger partial charge < -0.3 is 19.1 Å². The van der Waals surface area contributed by atoms with Crippen LogP contribution in [0.1, 0.15) is 39.5 Å². The number of hydrogen-bond acceptors (Lipinski definition) is 4. The highest BCUT2D eigenvalue weighted by atomic mass is 16.7. The predicted molar refractivity (Wildman–Crippen MR) is 93.0 cm³/mol. The Morgan fingerprint density at radius 3 is 2.80 bits per heavy atom. The van der Waals surface area contributed by atoms with E-state index in [-0.39, 0.29) is 35.6 Å². The molecule has 4 aliphatic rings. The summed E-state index contributed by atoms with van der Waals surface area (Å²) in [4.78, 5) is 13.9. The molecule has 0 aromatic rings. The van der Waals surface area contributed by atoms with Gasteiger partial charge in [-0.05, 0) is 30.6 Å². The zero-order valence-electron chi connectivity index (χ0n) is 15.8. The number of rotatable bonds is 4. The van der Waals surface area contributed by atoms with Crippen molar-refractivity contribution in [2.45, 2.75) is 51.9 Å². The van der Waals surface area contributed by atoms with Gasteiger partial charge in [-0.15, -0.1) is 0 Å². The molecule has 5 nitrogen and oxygen atoms in total. The summed E-state index contributed by atoms with van der Waals surface area (Å²) in [5, 5.41) is 0. The van der Waals surface area contributed by atoms with Gasteiger partial charge in [-0.2, -0.15) is 0 Å². The van der Waals surface area contributed by atoms with Crippen molar-refractivity contribution in [1.29, 1.82) is 0 Å². The fourth-order valence-corrected chi connectivity index (χ4v) is 5.55. The molecular formula is C20H32NO4+. The van der Waals surface area contributed by atoms with Gasteiger partial charge in [0.05, 0.1) is 26.8 Å². The molecule has 2 aliphatic heterocycles. The minimum absolute atomic E-state index is 0.00522. The number of allylic oxidation sites excluding steroid dienone is 1. The van der Waals surface area contributed by atoms with E-state index in [0.29, 0.717) is 19.1 Å². The molecule has 1 saturated carbocycles. The lowest BCUT2D eigenvalue weighted by atomic mass is 9.59. The Labute approximate surface area is 150 Å². The van der Waals surface area contributed by atoms with Crippen LogP contribution in [-0.4, -0.2) is 51.7 Å². The van der Waals surface area contributed by atoms with Crippen LogP contribution in [0.4, 0.5) is 0 Å². The van der Waals surface area contributed by atoms with E-state index >= 15 is 0 Å². The average molecular weight is 350 g/mol. The van der Waals surface area contributed by atoms with Crippen LogP contribution < -0.4 is 4.90 Å². The Morgan fingerprint density at radius 1 is 1.28 bits per heavy atom. The second-order valence-corrected chi connectivity index (χ2v) is 8.88. The molecule has 0 aromatic heterocycles. The largest absolute Gasteiger partial charge is 0.461 e. The van der Waals surface area contributed by atoms with Crippen LogP contribution in [0.5, 0.6) is 0 Å². The van der Waals surface area contributed by atoms with Gasteiger partial charge in [0.15, 0.2) is 0 Å². The lowest BCUT2D eigenvalue weighted by Gasteiger charge is -2.46. The summed E-state index contributed by atoms with van der Waals surface area (Å²) < 4.78 is 16.9. The van der Waals surface area contributed by atoms with Gasteiger partial charge in [0.2, 0.25) is 6.29 Å². The first-order chi connectivity index (χ1) is 12.0. The van der Waals surface area contributed by atoms with E-state index in [1.165, 1.54) is 24.2 Å². The summed E-state index contributed by atoms with van der Waals surface area (Å²) >= 11 is 0. The molecule has 2 aliphatic carbocycles. The van der Waals surface area contributed by atoms with Crippen LogP contribution >= 0.6 is 0 Å². The number of ether oxygens (including phenoxy) is 3. The van der Waals surface area contributed by atoms with E-state index in [1.807, 2.05) is 0 Å². The number of nitrogens with one attached hydrogen (secondary N) is 1. The van der Waals surface area contributed by atoms with E-state index in [4.69, 9.17) is 14.2 Å². The maximum atomic E-state index is 12.6. The standard InChI is InChI=1S/C20H31NO4/c1-13-5-4-6-20(2)10-17-14(9-16(13)20)15(19(22)25-17)11-21(3)12-18-23-7-8-24-18/h9,13-15,17-18H,4-8,10-12H2,1-3H3/p+1/t13-,14+,15-,17+,20+/m0/s1. The Bertz CT molecular complexity index is 556. The highest BCUT2D eigenvalue weighted by Gasteiger charge is 2.52. The first kappa shape index (κ1) is 17.5. The summed E-state index contributed by atoms with van der Waals surface area (Å²) in [6, 6.07) is 0. The van der Waals surface area contributed by atoms with Crippen LogP contribution in [-0.2, 0) is 19.0 Å². The van der Waals surface area contributed by atoms with Crippen LogP contribution in [0.3, 0.4) is 0 Å². The van der Waals surface area contributed by atoms with Crippen molar-refractivity contribution in [3.8, 4) is 0 Å². The van der Waals surface area contributed by atoms with E-state index < -0.39 is 0 Å². The number of carbonyl (C=O) groups is 1. The molecule has 4 rings (SSSR count). The summed E-state index contributed by atoms with van der Waals surface area (Å²) in [7, 11) is 2.12. The molecule has 0 radical (unpaired) electrons. The Hall–Kier alpha value is -0.910. The molecule has 6 atom stereocenters. The van der Waals surface area contributed by atoms with Crippen LogP contribution in [0, 0.1) is 23.2 Å². The van der Waals surface area contributed by atoms with Crippen molar-refractivity contribution in [3.63, 3.8) is 0 Å². The molecule has 2 saturated heterocycles. The quantitative estimate of drug-likeness (QED) is 0.611. The summed E-state index contributed by atoms with van der Waals surface area (Å²) in [6.45, 7) is 7.65. The maximum Gasteiger partial charge on any atom is 0.315 e. The molecule has 140 valence electrons. The highest BCUT2D eigenvalue weighted by molar-refractivity contribution is 5.76. The Kier molecular flexibility index (Phi) is 4.67. The van der Waals surface area contributed by atoms with Crippen molar-refractivity contribution in [1.82, 2.24) is 0 Å². The van der Waals surface area contributed by atoms with E-state index in [2.05, 4.69) is 27.0 Å². The van der Waals surface area contributed by atoms with Crippen LogP contribution in [0.15, 0.2) is 11.6 Å². The fourth-order valence-electron chi connectivity index (χ4n) is 5.55. The second-order valence-electron chi connectivity index (χ2n) is 8.88. The number of quaternary nitrogens is 1. The zero-order chi connectivity index (χ0) is 17.6. The number of fused-ring (bicyclic) bond motifs is 2. The number of carbonyl (C=O) groups excluding carboxylic acids is 1. The van der Waals surface area contributed by atoms with Gasteiger partial charge in [-0.3, -0.25) is 4.79 Å². The van der Waals surface area contributed by atoms with E-state index in [0.717, 1.165) is 19.5 Å². The molecule has 1 unspecified atom stereocenters. The monoisotopic (exact) mass is 350 g/mol. The molecule has 25 heavy (non-hydrogen) atoms. The maximum absolute atomic E-state index is 12.6. The number of hydrogen-bond donors (Lipinski definition) is 1. The summed E-state index contributed by atoms with van der Waals surface area (Å²) in [6.07, 6.45) is 7.18. The zero-order valence-corrected chi connectivity index (χ0v) is 15.8. The van der Waals surface area contributed by atoms with Gasteiger partial charge in [0.1, 0.15) is 18.6 Å². The van der Waals surface area contributed by atoms with Gasteiger partial charge in [-0.25, -0.2) is 0 Å². The highest BCUT2D eigenvalue weighted by Crippen LogP contribution is 2.53. The van der Waals surface area contributed by atoms with Gasteiger partial charge >= 0.3 is 5.97 Å². The van der Waals surface area contributed by atoms with Gasteiger partial charge in [0, 0.05) is 5.92 Å². The van der Waals surface area contributed by atoms with Gasteiger partial charge in [-0.1, -0.05) is 31.9 Å². The van der Waals surface area contributed by atoms with Crippen molar-refractivity contribution in [3.05, 3.63) is 11.6 Å². The molecule has 3 fully saturated rings. The minimum Gasteiger partial charge on any atom is -0.461 e. The van der Waals surface area contributed by atoms with Crippen molar-refractivity contribution in [2.75, 3.05) is 33.4 Å². The van der Waals surface area contributed by atoms with Crippen molar-refractivity contribution >= 4 is 5.97 Å². The number of esters is 1. The van der Waals surface area contributed by atoms with Crippen molar-refractivity contribution in [2.24, 2.45) is 23.2 Å². The third-order valence-corrected chi connectivity index (χ3v) is 6.86. The second kappa shape index (κ2) is 6.67. The lowest BCUT2D eigenvalue weighted by Crippen LogP contribution is -3.11. The third kappa shape index (κ3) is 3.26. The molecular weight excluding hydrogens is 318 g/mol. The summed E-state index contributed by atoms with van der Waals surface area (Å²) in [5.74, 6) is 0.852. The number of likely N-dealkylation sites (N-methyl/N-ethyl adjacent to an activating group) is 1. The fraction of sp³-hybridized carbons (Fsp3) is 0.850. The molecule has 5 heteroatoms. The van der Waals surface area contributed by atoms with Gasteiger partial charge in [0.25, 0.3) is 0 Å². The van der Waals surface area contributed by atoms with Crippen LogP contribution in [0.25, 0.3) is 0 Å². The third-order valence-electron chi connectivity index (χ3n) is 6.86. The van der Waals surface area contributed by atoms with Crippen LogP contribution in [0.2, 0.25) is 0 Å². The van der Waals surface area contributed by atoms with E-state index in [1.54, 1.807) is 5.57 Å². The molecule has 0 aromatic carbocycles. The first-order valence-electron chi connectivity index (χ1n) is 9.93. The topological polar surface area (TPSA) is 49.2 Å². The average Bonchev–Trinajstić information content (AvgIpc) is 3.14. The molecule has 0 spiro atoms. The smallest absolute Gasteiger partial charge is 0.315 e. The normalized spacial score (nSPS) is 42.5. The lowest BCUT2D eigenvalue weighted by molar-refractivity contribution is -0.888. The molecule has 0 bridgehead atoms. The Balaban J connectivity index is 1.48. The molecule has 0 amide bonds.